The van der Waals surface area contributed by atoms with Crippen LogP contribution in [0.2, 0.25) is 0 Å². The van der Waals surface area contributed by atoms with Crippen LogP contribution in [0.4, 0.5) is 13.2 Å². The Hall–Kier alpha value is -1.76. The zero-order valence-corrected chi connectivity index (χ0v) is 13.7. The third kappa shape index (κ3) is 6.39. The minimum atomic E-state index is -4.10. The van der Waals surface area contributed by atoms with E-state index in [9.17, 15) is 18.0 Å². The summed E-state index contributed by atoms with van der Waals surface area (Å²) in [4.78, 5) is 13.9. The lowest BCUT2D eigenvalue weighted by Gasteiger charge is -2.31. The van der Waals surface area contributed by atoms with Gasteiger partial charge in [-0.15, -0.1) is 0 Å². The molecule has 134 valence electrons. The van der Waals surface area contributed by atoms with Gasteiger partial charge in [0.15, 0.2) is 0 Å². The van der Waals surface area contributed by atoms with Crippen LogP contribution in [-0.2, 0) is 11.3 Å². The molecule has 1 saturated heterocycles. The van der Waals surface area contributed by atoms with Gasteiger partial charge in [0.05, 0.1) is 13.7 Å². The number of carbonyl (C=O) groups excluding carboxylic acids is 1. The number of carbonyl (C=O) groups is 1. The van der Waals surface area contributed by atoms with Crippen molar-refractivity contribution in [2.45, 2.75) is 32.0 Å². The first kappa shape index (κ1) is 18.6. The van der Waals surface area contributed by atoms with Gasteiger partial charge in [-0.2, -0.15) is 13.2 Å². The van der Waals surface area contributed by atoms with Gasteiger partial charge in [0.25, 0.3) is 0 Å². The second-order valence-electron chi connectivity index (χ2n) is 6.17. The number of hydrogen-bond donors (Lipinski definition) is 1. The van der Waals surface area contributed by atoms with Gasteiger partial charge in [0, 0.05) is 13.0 Å². The van der Waals surface area contributed by atoms with Crippen LogP contribution in [0, 0.1) is 5.92 Å². The molecule has 24 heavy (non-hydrogen) atoms. The predicted octanol–water partition coefficient (Wildman–Crippen LogP) is 2.98. The first-order valence-corrected chi connectivity index (χ1v) is 8.04. The maximum Gasteiger partial charge on any atom is 0.389 e. The minimum Gasteiger partial charge on any atom is -0.497 e. The Morgan fingerprint density at radius 2 is 2.04 bits per heavy atom. The van der Waals surface area contributed by atoms with Gasteiger partial charge >= 0.3 is 6.18 Å². The fourth-order valence-electron chi connectivity index (χ4n) is 2.92. The number of nitrogens with one attached hydrogen (secondary N) is 1. The average Bonchev–Trinajstić information content (AvgIpc) is 2.54. The van der Waals surface area contributed by atoms with Crippen LogP contribution >= 0.6 is 0 Å². The first-order valence-electron chi connectivity index (χ1n) is 8.04. The number of halogens is 3. The Labute approximate surface area is 140 Å². The highest BCUT2D eigenvalue weighted by molar-refractivity contribution is 5.78. The molecule has 0 spiro atoms. The van der Waals surface area contributed by atoms with E-state index in [-0.39, 0.29) is 18.4 Å². The summed E-state index contributed by atoms with van der Waals surface area (Å²) in [6, 6.07) is 7.43. The fourth-order valence-corrected chi connectivity index (χ4v) is 2.92. The van der Waals surface area contributed by atoms with Crippen LogP contribution in [0.5, 0.6) is 5.75 Å². The minimum absolute atomic E-state index is 0.118. The maximum absolute atomic E-state index is 12.4. The summed E-state index contributed by atoms with van der Waals surface area (Å²) in [7, 11) is 1.58. The lowest BCUT2D eigenvalue weighted by molar-refractivity contribution is -0.148. The van der Waals surface area contributed by atoms with Crippen molar-refractivity contribution in [3.63, 3.8) is 0 Å². The molecular formula is C17H23F3N2O2. The second kappa shape index (κ2) is 8.37. The molecule has 0 unspecified atom stereocenters. The van der Waals surface area contributed by atoms with Gasteiger partial charge in [-0.25, -0.2) is 0 Å². The van der Waals surface area contributed by atoms with Crippen molar-refractivity contribution in [3.8, 4) is 5.75 Å². The highest BCUT2D eigenvalue weighted by Gasteiger charge is 2.33. The monoisotopic (exact) mass is 344 g/mol. The summed E-state index contributed by atoms with van der Waals surface area (Å²) < 4.78 is 42.3. The van der Waals surface area contributed by atoms with Crippen LogP contribution in [0.3, 0.4) is 0 Å². The van der Waals surface area contributed by atoms with Gasteiger partial charge in [0.1, 0.15) is 5.75 Å². The molecule has 0 bridgehead atoms. The summed E-state index contributed by atoms with van der Waals surface area (Å²) in [6.45, 7) is 1.70. The molecule has 0 saturated carbocycles. The smallest absolute Gasteiger partial charge is 0.389 e. The van der Waals surface area contributed by atoms with Gasteiger partial charge in [0.2, 0.25) is 5.91 Å². The Bertz CT molecular complexity index is 541. The SMILES string of the molecule is COc1cccc(CNC(=O)CN2CCC(CC(F)(F)F)CC2)c1. The fraction of sp³-hybridized carbons (Fsp3) is 0.588. The van der Waals surface area contributed by atoms with E-state index in [2.05, 4.69) is 5.32 Å². The van der Waals surface area contributed by atoms with Gasteiger partial charge < -0.3 is 10.1 Å². The molecule has 1 fully saturated rings. The number of hydrogen-bond acceptors (Lipinski definition) is 3. The Morgan fingerprint density at radius 1 is 1.33 bits per heavy atom. The number of likely N-dealkylation sites (tertiary alicyclic amines) is 1. The first-order chi connectivity index (χ1) is 11.4. The quantitative estimate of drug-likeness (QED) is 0.863. The van der Waals surface area contributed by atoms with Crippen LogP contribution < -0.4 is 10.1 Å². The van der Waals surface area contributed by atoms with Crippen molar-refractivity contribution >= 4 is 5.91 Å². The normalized spacial score (nSPS) is 16.8. The number of ether oxygens (including phenoxy) is 1. The van der Waals surface area contributed by atoms with Crippen LogP contribution in [0.25, 0.3) is 0 Å². The number of rotatable bonds is 6. The zero-order chi connectivity index (χ0) is 17.6. The summed E-state index contributed by atoms with van der Waals surface area (Å²) in [6.07, 6.45) is -3.84. The Kier molecular flexibility index (Phi) is 6.48. The summed E-state index contributed by atoms with van der Waals surface area (Å²) in [5.74, 6) is 0.293. The van der Waals surface area contributed by atoms with Crippen molar-refractivity contribution in [2.75, 3.05) is 26.7 Å². The molecule has 4 nitrogen and oxygen atoms in total. The van der Waals surface area contributed by atoms with Crippen molar-refractivity contribution in [1.29, 1.82) is 0 Å². The van der Waals surface area contributed by atoms with Crippen LogP contribution in [-0.4, -0.2) is 43.7 Å². The highest BCUT2D eigenvalue weighted by Crippen LogP contribution is 2.30. The molecule has 0 radical (unpaired) electrons. The third-order valence-electron chi connectivity index (χ3n) is 4.22. The van der Waals surface area contributed by atoms with E-state index >= 15 is 0 Å². The lowest BCUT2D eigenvalue weighted by atomic mass is 9.93. The molecule has 2 rings (SSSR count). The molecule has 7 heteroatoms. The molecule has 1 N–H and O–H groups in total. The predicted molar refractivity (Wildman–Crippen MR) is 84.7 cm³/mol. The molecule has 1 aliphatic heterocycles. The number of amides is 1. The number of alkyl halides is 3. The van der Waals surface area contributed by atoms with Gasteiger partial charge in [-0.3, -0.25) is 9.69 Å². The molecular weight excluding hydrogens is 321 g/mol. The molecule has 0 aromatic heterocycles. The average molecular weight is 344 g/mol. The summed E-state index contributed by atoms with van der Waals surface area (Å²) in [5, 5.41) is 2.83. The van der Waals surface area contributed by atoms with E-state index in [0.29, 0.717) is 32.5 Å². The van der Waals surface area contributed by atoms with Crippen molar-refractivity contribution in [2.24, 2.45) is 5.92 Å². The van der Waals surface area contributed by atoms with Crippen LogP contribution in [0.15, 0.2) is 24.3 Å². The van der Waals surface area contributed by atoms with E-state index in [0.717, 1.165) is 11.3 Å². The molecule has 1 aromatic rings. The maximum atomic E-state index is 12.4. The number of nitrogens with zero attached hydrogens (tertiary/aromatic N) is 1. The number of benzene rings is 1. The molecule has 0 aliphatic carbocycles. The van der Waals surface area contributed by atoms with Crippen molar-refractivity contribution in [3.05, 3.63) is 29.8 Å². The van der Waals surface area contributed by atoms with E-state index in [1.165, 1.54) is 0 Å². The molecule has 1 amide bonds. The van der Waals surface area contributed by atoms with Gasteiger partial charge in [-0.1, -0.05) is 12.1 Å². The van der Waals surface area contributed by atoms with Crippen molar-refractivity contribution < 1.29 is 22.7 Å². The lowest BCUT2D eigenvalue weighted by Crippen LogP contribution is -2.41. The molecule has 1 heterocycles. The largest absolute Gasteiger partial charge is 0.497 e. The second-order valence-corrected chi connectivity index (χ2v) is 6.17. The number of piperidine rings is 1. The van der Waals surface area contributed by atoms with E-state index < -0.39 is 12.6 Å². The standard InChI is InChI=1S/C17H23F3N2O2/c1-24-15-4-2-3-14(9-15)11-21-16(23)12-22-7-5-13(6-8-22)10-17(18,19)20/h2-4,9,13H,5-8,10-12H2,1H3,(H,21,23). The summed E-state index contributed by atoms with van der Waals surface area (Å²) >= 11 is 0. The number of methoxy groups -OCH3 is 1. The molecule has 0 atom stereocenters. The highest BCUT2D eigenvalue weighted by atomic mass is 19.4. The zero-order valence-electron chi connectivity index (χ0n) is 13.7. The van der Waals surface area contributed by atoms with Crippen LogP contribution in [0.1, 0.15) is 24.8 Å². The summed E-state index contributed by atoms with van der Waals surface area (Å²) in [5.41, 5.74) is 0.937. The van der Waals surface area contributed by atoms with Gasteiger partial charge in [-0.05, 0) is 49.5 Å². The van der Waals surface area contributed by atoms with Crippen molar-refractivity contribution in [1.82, 2.24) is 10.2 Å². The Morgan fingerprint density at radius 3 is 2.67 bits per heavy atom. The molecule has 1 aliphatic rings. The van der Waals surface area contributed by atoms with E-state index in [1.807, 2.05) is 29.2 Å². The van der Waals surface area contributed by atoms with E-state index in [4.69, 9.17) is 4.74 Å². The molecule has 1 aromatic carbocycles. The third-order valence-corrected chi connectivity index (χ3v) is 4.22. The Balaban J connectivity index is 1.70. The topological polar surface area (TPSA) is 41.6 Å². The van der Waals surface area contributed by atoms with E-state index in [1.54, 1.807) is 7.11 Å².